The zero-order valence-corrected chi connectivity index (χ0v) is 12.8. The molecule has 2 aromatic carbocycles. The summed E-state index contributed by atoms with van der Waals surface area (Å²) in [5.74, 6) is -0.224. The summed E-state index contributed by atoms with van der Waals surface area (Å²) in [6.07, 6.45) is 0. The van der Waals surface area contributed by atoms with E-state index in [0.717, 1.165) is 16.3 Å². The minimum atomic E-state index is -0.291. The Kier molecular flexibility index (Phi) is 4.19. The molecule has 1 amide bonds. The predicted octanol–water partition coefficient (Wildman–Crippen LogP) is 2.20. The van der Waals surface area contributed by atoms with E-state index in [1.807, 2.05) is 49.4 Å². The van der Waals surface area contributed by atoms with Crippen molar-refractivity contribution in [1.82, 2.24) is 15.1 Å². The highest BCUT2D eigenvalue weighted by molar-refractivity contribution is 5.86. The number of aromatic nitrogens is 2. The number of amides is 1. The summed E-state index contributed by atoms with van der Waals surface area (Å²) < 4.78 is 1.19. The van der Waals surface area contributed by atoms with E-state index in [9.17, 15) is 9.59 Å². The highest BCUT2D eigenvalue weighted by Gasteiger charge is 2.07. The highest BCUT2D eigenvalue weighted by atomic mass is 16.2. The topological polar surface area (TPSA) is 64.0 Å². The fourth-order valence-electron chi connectivity index (χ4n) is 2.45. The van der Waals surface area contributed by atoms with Crippen LogP contribution >= 0.6 is 0 Å². The third kappa shape index (κ3) is 3.29. The quantitative estimate of drug-likeness (QED) is 0.803. The van der Waals surface area contributed by atoms with Crippen LogP contribution in [0.25, 0.3) is 22.0 Å². The maximum atomic E-state index is 11.9. The molecule has 5 nitrogen and oxygen atoms in total. The molecule has 1 heterocycles. The first-order valence-electron chi connectivity index (χ1n) is 7.51. The van der Waals surface area contributed by atoms with E-state index in [-0.39, 0.29) is 18.0 Å². The maximum Gasteiger partial charge on any atom is 0.267 e. The molecule has 0 saturated carbocycles. The van der Waals surface area contributed by atoms with Crippen LogP contribution in [-0.4, -0.2) is 22.2 Å². The van der Waals surface area contributed by atoms with Crippen molar-refractivity contribution in [2.24, 2.45) is 0 Å². The van der Waals surface area contributed by atoms with Crippen molar-refractivity contribution in [3.05, 3.63) is 65.0 Å². The Morgan fingerprint density at radius 1 is 1.09 bits per heavy atom. The van der Waals surface area contributed by atoms with Crippen molar-refractivity contribution < 1.29 is 4.79 Å². The van der Waals surface area contributed by atoms with Gasteiger partial charge in [-0.15, -0.1) is 0 Å². The highest BCUT2D eigenvalue weighted by Crippen LogP contribution is 2.22. The lowest BCUT2D eigenvalue weighted by atomic mass is 10.1. The first kappa shape index (κ1) is 15.0. The molecule has 1 N–H and O–H groups in total. The maximum absolute atomic E-state index is 11.9. The van der Waals surface area contributed by atoms with Crippen molar-refractivity contribution in [3.8, 4) is 11.3 Å². The molecule has 0 radical (unpaired) electrons. The molecule has 0 saturated heterocycles. The number of nitrogens with one attached hydrogen (secondary N) is 1. The molecule has 0 fully saturated rings. The standard InChI is InChI=1S/C18H17N3O2/c1-2-19-17(22)12-21-18(23)10-9-16(20-21)15-8-7-13-5-3-4-6-14(13)11-15/h3-11H,2,12H2,1H3,(H,19,22). The van der Waals surface area contributed by atoms with Gasteiger partial charge in [-0.3, -0.25) is 9.59 Å². The average molecular weight is 307 g/mol. The molecule has 0 spiro atoms. The summed E-state index contributed by atoms with van der Waals surface area (Å²) in [5.41, 5.74) is 1.29. The molecule has 3 rings (SSSR count). The first-order valence-corrected chi connectivity index (χ1v) is 7.51. The van der Waals surface area contributed by atoms with Gasteiger partial charge in [0.25, 0.3) is 5.56 Å². The molecule has 0 atom stereocenters. The Morgan fingerprint density at radius 2 is 1.87 bits per heavy atom. The molecule has 1 aromatic heterocycles. The van der Waals surface area contributed by atoms with Gasteiger partial charge < -0.3 is 5.32 Å². The Bertz CT molecular complexity index is 915. The number of hydrogen-bond donors (Lipinski definition) is 1. The Labute approximate surface area is 133 Å². The van der Waals surface area contributed by atoms with Crippen LogP contribution in [0, 0.1) is 0 Å². The van der Waals surface area contributed by atoms with Gasteiger partial charge in [-0.05, 0) is 29.8 Å². The summed E-state index contributed by atoms with van der Waals surface area (Å²) in [5, 5.41) is 9.23. The molecule has 0 unspecified atom stereocenters. The summed E-state index contributed by atoms with van der Waals surface area (Å²) in [6, 6.07) is 17.2. The third-order valence-corrected chi connectivity index (χ3v) is 3.58. The monoisotopic (exact) mass is 307 g/mol. The number of nitrogens with zero attached hydrogens (tertiary/aromatic N) is 2. The van der Waals surface area contributed by atoms with E-state index in [0.29, 0.717) is 12.2 Å². The minimum absolute atomic E-state index is 0.0753. The number of hydrogen-bond acceptors (Lipinski definition) is 3. The van der Waals surface area contributed by atoms with Crippen molar-refractivity contribution in [2.45, 2.75) is 13.5 Å². The number of likely N-dealkylation sites (N-methyl/N-ethyl adjacent to an activating group) is 1. The molecule has 23 heavy (non-hydrogen) atoms. The molecule has 0 aliphatic heterocycles. The van der Waals surface area contributed by atoms with Crippen molar-refractivity contribution in [2.75, 3.05) is 6.54 Å². The second-order valence-electron chi connectivity index (χ2n) is 5.23. The van der Waals surface area contributed by atoms with Crippen LogP contribution in [0.15, 0.2) is 59.4 Å². The minimum Gasteiger partial charge on any atom is -0.355 e. The summed E-state index contributed by atoms with van der Waals surface area (Å²) in [4.78, 5) is 23.6. The number of carbonyl (C=O) groups is 1. The van der Waals surface area contributed by atoms with Gasteiger partial charge in [0.1, 0.15) is 6.54 Å². The van der Waals surface area contributed by atoms with E-state index in [2.05, 4.69) is 10.4 Å². The van der Waals surface area contributed by atoms with Gasteiger partial charge in [0, 0.05) is 18.2 Å². The molecule has 0 aliphatic carbocycles. The second kappa shape index (κ2) is 6.44. The van der Waals surface area contributed by atoms with Gasteiger partial charge in [0.15, 0.2) is 0 Å². The van der Waals surface area contributed by atoms with E-state index in [1.165, 1.54) is 10.7 Å². The zero-order valence-electron chi connectivity index (χ0n) is 12.8. The van der Waals surface area contributed by atoms with Crippen LogP contribution in [0.2, 0.25) is 0 Å². The molecule has 116 valence electrons. The van der Waals surface area contributed by atoms with E-state index in [1.54, 1.807) is 6.07 Å². The molecule has 0 bridgehead atoms. The van der Waals surface area contributed by atoms with E-state index >= 15 is 0 Å². The molecule has 3 aromatic rings. The van der Waals surface area contributed by atoms with Crippen molar-refractivity contribution >= 4 is 16.7 Å². The summed E-state index contributed by atoms with van der Waals surface area (Å²) in [7, 11) is 0. The SMILES string of the molecule is CCNC(=O)Cn1nc(-c2ccc3ccccc3c2)ccc1=O. The normalized spacial score (nSPS) is 10.7. The lowest BCUT2D eigenvalue weighted by molar-refractivity contribution is -0.121. The van der Waals surface area contributed by atoms with Crippen molar-refractivity contribution in [1.29, 1.82) is 0 Å². The summed E-state index contributed by atoms with van der Waals surface area (Å²) in [6.45, 7) is 2.28. The van der Waals surface area contributed by atoms with E-state index < -0.39 is 0 Å². The van der Waals surface area contributed by atoms with Gasteiger partial charge >= 0.3 is 0 Å². The zero-order chi connectivity index (χ0) is 16.2. The number of benzene rings is 2. The Morgan fingerprint density at radius 3 is 2.65 bits per heavy atom. The van der Waals surface area contributed by atoms with Crippen LogP contribution in [-0.2, 0) is 11.3 Å². The molecule has 5 heteroatoms. The lowest BCUT2D eigenvalue weighted by Crippen LogP contribution is -2.33. The smallest absolute Gasteiger partial charge is 0.267 e. The Hall–Kier alpha value is -2.95. The van der Waals surface area contributed by atoms with Gasteiger partial charge in [-0.1, -0.05) is 36.4 Å². The predicted molar refractivity (Wildman–Crippen MR) is 90.1 cm³/mol. The summed E-state index contributed by atoms with van der Waals surface area (Å²) >= 11 is 0. The number of carbonyl (C=O) groups excluding carboxylic acids is 1. The van der Waals surface area contributed by atoms with Gasteiger partial charge in [-0.25, -0.2) is 4.68 Å². The molecular weight excluding hydrogens is 290 g/mol. The largest absolute Gasteiger partial charge is 0.355 e. The van der Waals surface area contributed by atoms with Gasteiger partial charge in [0.05, 0.1) is 5.69 Å². The van der Waals surface area contributed by atoms with Crippen molar-refractivity contribution in [3.63, 3.8) is 0 Å². The van der Waals surface area contributed by atoms with Crippen LogP contribution < -0.4 is 10.9 Å². The van der Waals surface area contributed by atoms with Crippen LogP contribution in [0.3, 0.4) is 0 Å². The third-order valence-electron chi connectivity index (χ3n) is 3.58. The average Bonchev–Trinajstić information content (AvgIpc) is 2.56. The Balaban J connectivity index is 1.98. The number of fused-ring (bicyclic) bond motifs is 1. The van der Waals surface area contributed by atoms with Crippen LogP contribution in [0.1, 0.15) is 6.92 Å². The first-order chi connectivity index (χ1) is 11.2. The molecule has 0 aliphatic rings. The van der Waals surface area contributed by atoms with Crippen LogP contribution in [0.4, 0.5) is 0 Å². The van der Waals surface area contributed by atoms with Gasteiger partial charge in [-0.2, -0.15) is 5.10 Å². The fraction of sp³-hybridized carbons (Fsp3) is 0.167. The number of rotatable bonds is 4. The van der Waals surface area contributed by atoms with Crippen LogP contribution in [0.5, 0.6) is 0 Å². The van der Waals surface area contributed by atoms with Gasteiger partial charge in [0.2, 0.25) is 5.91 Å². The second-order valence-corrected chi connectivity index (χ2v) is 5.23. The lowest BCUT2D eigenvalue weighted by Gasteiger charge is -2.08. The fourth-order valence-corrected chi connectivity index (χ4v) is 2.45. The molecular formula is C18H17N3O2. The van der Waals surface area contributed by atoms with E-state index in [4.69, 9.17) is 0 Å².